The number of unbranched alkanes of at least 4 members (excludes halogenated alkanes) is 3. The predicted molar refractivity (Wildman–Crippen MR) is 147 cm³/mol. The molecule has 0 aromatic rings. The average molecular weight is 585 g/mol. The highest BCUT2D eigenvalue weighted by molar-refractivity contribution is 7.91. The van der Waals surface area contributed by atoms with Crippen molar-refractivity contribution in [2.75, 3.05) is 6.54 Å². The fourth-order valence-electron chi connectivity index (χ4n) is 4.80. The van der Waals surface area contributed by atoms with Crippen LogP contribution >= 0.6 is 0 Å². The summed E-state index contributed by atoms with van der Waals surface area (Å²) in [5.41, 5.74) is 4.67. The standard InChI is InChI=1S/C27H44N4O8S/c1-26(2,3)39-25(36)29-20(24(35)31-16-18(32)15-21(31)22(28)33)11-9-7-5-6-8-10-17-14-19(17)23(34)30-40(37,38)27(4)12-13-27/h8,10,17-21,32H,5-7,9,11-16H2,1-4H3,(H2,28,33)(H,29,36)(H,30,34). The van der Waals surface area contributed by atoms with Crippen LogP contribution in [0.5, 0.6) is 0 Å². The molecule has 5 atom stereocenters. The molecule has 0 radical (unpaired) electrons. The largest absolute Gasteiger partial charge is 0.444 e. The number of β-amino-alcohol motifs (C(OH)–C–C–N with tert-alkyl or cyclic N) is 1. The number of rotatable bonds is 13. The lowest BCUT2D eigenvalue weighted by Crippen LogP contribution is -2.53. The van der Waals surface area contributed by atoms with Gasteiger partial charge in [0.05, 0.1) is 10.9 Å². The number of nitrogens with two attached hydrogens (primary N) is 1. The SMILES string of the molecule is CC(C)(C)OC(=O)NC(CCCCCC=CC1CC1C(=O)NS(=O)(=O)C1(C)CC1)C(=O)N1CC(O)CC1C(N)=O. The first-order valence-corrected chi connectivity index (χ1v) is 15.5. The second-order valence-corrected chi connectivity index (χ2v) is 14.7. The fraction of sp³-hybridized carbons (Fsp3) is 0.778. The number of hydrogen-bond acceptors (Lipinski definition) is 8. The molecule has 0 spiro atoms. The average Bonchev–Trinajstić information content (AvgIpc) is 3.73. The van der Waals surface area contributed by atoms with E-state index in [2.05, 4.69) is 10.0 Å². The molecule has 5 N–H and O–H groups in total. The number of amides is 4. The van der Waals surface area contributed by atoms with Crippen molar-refractivity contribution < 1.29 is 37.4 Å². The Hall–Kier alpha value is -2.67. The van der Waals surface area contributed by atoms with Gasteiger partial charge in [0, 0.05) is 18.9 Å². The zero-order chi connectivity index (χ0) is 29.9. The van der Waals surface area contributed by atoms with E-state index in [0.717, 1.165) is 19.3 Å². The Morgan fingerprint density at radius 3 is 2.42 bits per heavy atom. The smallest absolute Gasteiger partial charge is 0.408 e. The summed E-state index contributed by atoms with van der Waals surface area (Å²) < 4.78 is 31.2. The van der Waals surface area contributed by atoms with Crippen molar-refractivity contribution >= 4 is 33.8 Å². The van der Waals surface area contributed by atoms with Crippen LogP contribution in [-0.2, 0) is 29.1 Å². The van der Waals surface area contributed by atoms with Gasteiger partial charge in [-0.25, -0.2) is 13.2 Å². The van der Waals surface area contributed by atoms with Crippen molar-refractivity contribution in [1.29, 1.82) is 0 Å². The van der Waals surface area contributed by atoms with E-state index in [4.69, 9.17) is 10.5 Å². The molecule has 12 nitrogen and oxygen atoms in total. The lowest BCUT2D eigenvalue weighted by molar-refractivity contribution is -0.139. The second-order valence-electron chi connectivity index (χ2n) is 12.5. The molecule has 3 aliphatic rings. The first-order valence-electron chi connectivity index (χ1n) is 14.0. The molecule has 226 valence electrons. The van der Waals surface area contributed by atoms with Gasteiger partial charge in [0.25, 0.3) is 0 Å². The highest BCUT2D eigenvalue weighted by Crippen LogP contribution is 2.44. The van der Waals surface area contributed by atoms with Crippen LogP contribution in [0.3, 0.4) is 0 Å². The molecule has 13 heteroatoms. The molecule has 40 heavy (non-hydrogen) atoms. The number of primary amides is 1. The topological polar surface area (TPSA) is 185 Å². The second kappa shape index (κ2) is 12.5. The van der Waals surface area contributed by atoms with E-state index in [1.54, 1.807) is 27.7 Å². The van der Waals surface area contributed by atoms with E-state index < -0.39 is 62.4 Å². The maximum atomic E-state index is 13.2. The first kappa shape index (κ1) is 31.9. The van der Waals surface area contributed by atoms with Crippen LogP contribution in [0.2, 0.25) is 0 Å². The van der Waals surface area contributed by atoms with Crippen molar-refractivity contribution in [3.8, 4) is 0 Å². The van der Waals surface area contributed by atoms with Crippen LogP contribution in [0.4, 0.5) is 4.79 Å². The number of ether oxygens (including phenoxy) is 1. The molecular formula is C27H44N4O8S. The summed E-state index contributed by atoms with van der Waals surface area (Å²) in [7, 11) is -3.62. The first-order chi connectivity index (χ1) is 18.5. The van der Waals surface area contributed by atoms with Crippen molar-refractivity contribution in [3.05, 3.63) is 12.2 Å². The quantitative estimate of drug-likeness (QED) is 0.185. The molecule has 4 amide bonds. The Labute approximate surface area is 236 Å². The van der Waals surface area contributed by atoms with E-state index in [1.165, 1.54) is 4.90 Å². The van der Waals surface area contributed by atoms with Crippen LogP contribution in [0, 0.1) is 11.8 Å². The highest BCUT2D eigenvalue weighted by atomic mass is 32.2. The number of sulfonamides is 1. The lowest BCUT2D eigenvalue weighted by atomic mass is 10.0. The predicted octanol–water partition coefficient (Wildman–Crippen LogP) is 1.47. The van der Waals surface area contributed by atoms with Crippen LogP contribution in [0.1, 0.15) is 85.5 Å². The van der Waals surface area contributed by atoms with E-state index in [1.807, 2.05) is 12.2 Å². The molecule has 0 aromatic carbocycles. The van der Waals surface area contributed by atoms with Gasteiger partial charge in [-0.1, -0.05) is 25.0 Å². The third kappa shape index (κ3) is 8.66. The molecule has 2 aliphatic carbocycles. The molecule has 0 bridgehead atoms. The molecule has 2 saturated carbocycles. The fourth-order valence-corrected chi connectivity index (χ4v) is 6.10. The summed E-state index contributed by atoms with van der Waals surface area (Å²) in [4.78, 5) is 51.0. The van der Waals surface area contributed by atoms with Crippen LogP contribution in [0.25, 0.3) is 0 Å². The summed E-state index contributed by atoms with van der Waals surface area (Å²) >= 11 is 0. The summed E-state index contributed by atoms with van der Waals surface area (Å²) in [5, 5.41) is 12.6. The van der Waals surface area contributed by atoms with Crippen molar-refractivity contribution in [2.45, 2.75) is 114 Å². The van der Waals surface area contributed by atoms with Crippen LogP contribution in [-0.4, -0.2) is 77.3 Å². The Morgan fingerprint density at radius 2 is 1.82 bits per heavy atom. The van der Waals surface area contributed by atoms with Gasteiger partial charge in [0.2, 0.25) is 27.7 Å². The Balaban J connectivity index is 1.43. The van der Waals surface area contributed by atoms with E-state index >= 15 is 0 Å². The van der Waals surface area contributed by atoms with Gasteiger partial charge < -0.3 is 25.8 Å². The number of nitrogens with zero attached hydrogens (tertiary/aromatic N) is 1. The van der Waals surface area contributed by atoms with Crippen molar-refractivity contribution in [3.63, 3.8) is 0 Å². The van der Waals surface area contributed by atoms with Crippen molar-refractivity contribution in [2.24, 2.45) is 17.6 Å². The summed E-state index contributed by atoms with van der Waals surface area (Å²) in [6, 6.07) is -1.86. The Bertz CT molecular complexity index is 1110. The normalized spacial score (nSPS) is 26.3. The number of carbonyl (C=O) groups is 4. The number of aliphatic hydroxyl groups is 1. The van der Waals surface area contributed by atoms with E-state index in [9.17, 15) is 32.7 Å². The maximum absolute atomic E-state index is 13.2. The molecule has 1 heterocycles. The van der Waals surface area contributed by atoms with Gasteiger partial charge in [0.1, 0.15) is 17.7 Å². The lowest BCUT2D eigenvalue weighted by Gasteiger charge is -2.28. The molecule has 1 aliphatic heterocycles. The Kier molecular flexibility index (Phi) is 9.92. The molecular weight excluding hydrogens is 540 g/mol. The minimum atomic E-state index is -3.62. The molecule has 3 fully saturated rings. The number of allylic oxidation sites excluding steroid dienone is 2. The molecule has 3 rings (SSSR count). The third-order valence-electron chi connectivity index (χ3n) is 7.64. The monoisotopic (exact) mass is 584 g/mol. The van der Waals surface area contributed by atoms with Crippen LogP contribution < -0.4 is 15.8 Å². The summed E-state index contributed by atoms with van der Waals surface area (Å²) in [5.74, 6) is -1.90. The van der Waals surface area contributed by atoms with E-state index in [-0.39, 0.29) is 24.8 Å². The Morgan fingerprint density at radius 1 is 1.15 bits per heavy atom. The van der Waals surface area contributed by atoms with Crippen molar-refractivity contribution in [1.82, 2.24) is 14.9 Å². The zero-order valence-corrected chi connectivity index (χ0v) is 24.7. The van der Waals surface area contributed by atoms with Gasteiger partial charge in [-0.2, -0.15) is 0 Å². The number of hydrogen-bond donors (Lipinski definition) is 4. The number of nitrogens with one attached hydrogen (secondary N) is 2. The maximum Gasteiger partial charge on any atom is 0.408 e. The van der Waals surface area contributed by atoms with Gasteiger partial charge in [-0.15, -0.1) is 0 Å². The molecule has 5 unspecified atom stereocenters. The number of likely N-dealkylation sites (tertiary alicyclic amines) is 1. The third-order valence-corrected chi connectivity index (χ3v) is 9.82. The number of carbonyl (C=O) groups excluding carboxylic acids is 4. The molecule has 1 saturated heterocycles. The highest BCUT2D eigenvalue weighted by Gasteiger charge is 2.52. The van der Waals surface area contributed by atoms with Gasteiger partial charge >= 0.3 is 6.09 Å². The minimum absolute atomic E-state index is 0.0326. The van der Waals surface area contributed by atoms with Gasteiger partial charge in [-0.3, -0.25) is 19.1 Å². The van der Waals surface area contributed by atoms with Gasteiger partial charge in [-0.05, 0) is 72.1 Å². The number of aliphatic hydroxyl groups excluding tert-OH is 1. The minimum Gasteiger partial charge on any atom is -0.444 e. The zero-order valence-electron chi connectivity index (χ0n) is 23.9. The molecule has 0 aromatic heterocycles. The number of alkyl carbamates (subject to hydrolysis) is 1. The summed E-state index contributed by atoms with van der Waals surface area (Å²) in [6.07, 6.45) is 7.43. The van der Waals surface area contributed by atoms with Crippen LogP contribution in [0.15, 0.2) is 12.2 Å². The summed E-state index contributed by atoms with van der Waals surface area (Å²) in [6.45, 7) is 6.75. The van der Waals surface area contributed by atoms with Gasteiger partial charge in [0.15, 0.2) is 0 Å². The van der Waals surface area contributed by atoms with E-state index in [0.29, 0.717) is 32.1 Å².